The van der Waals surface area contributed by atoms with Crippen molar-refractivity contribution >= 4 is 10.7 Å². The molecule has 2 nitrogen and oxygen atoms in total. The zero-order valence-electron chi connectivity index (χ0n) is 3.76. The molecule has 0 aliphatic carbocycles. The lowest BCUT2D eigenvalue weighted by atomic mass is 10.6. The van der Waals surface area contributed by atoms with Gasteiger partial charge in [-0.3, -0.25) is 0 Å². The third-order valence-corrected chi connectivity index (χ3v) is 1.12. The molecule has 0 aliphatic rings. The molecule has 0 aliphatic heterocycles. The van der Waals surface area contributed by atoms with Crippen LogP contribution in [0.4, 0.5) is 0 Å². The molecule has 0 saturated heterocycles. The van der Waals surface area contributed by atoms with E-state index in [-0.39, 0.29) is 4.91 Å². The van der Waals surface area contributed by atoms with E-state index >= 15 is 0 Å². The Labute approximate surface area is 44.1 Å². The lowest BCUT2D eigenvalue weighted by Gasteiger charge is -1.75. The van der Waals surface area contributed by atoms with Gasteiger partial charge in [0.2, 0.25) is 0 Å². The highest BCUT2D eigenvalue weighted by molar-refractivity contribution is 7.77. The minimum absolute atomic E-state index is 0.0648. The second-order valence-corrected chi connectivity index (χ2v) is 2.04. The summed E-state index contributed by atoms with van der Waals surface area (Å²) >= 11 is 0. The van der Waals surface area contributed by atoms with Gasteiger partial charge >= 0.3 is 0 Å². The summed E-state index contributed by atoms with van der Waals surface area (Å²) in [5.74, 6) is 0. The highest BCUT2D eigenvalue weighted by Gasteiger charge is 1.81. The SMILES string of the molecule is C=CC(=C)[SH](=O)=O. The number of hydrogen-bond acceptors (Lipinski definition) is 2. The van der Waals surface area contributed by atoms with Crippen LogP contribution >= 0.6 is 0 Å². The van der Waals surface area contributed by atoms with E-state index in [1.165, 1.54) is 6.08 Å². The van der Waals surface area contributed by atoms with Crippen molar-refractivity contribution in [3.8, 4) is 0 Å². The second kappa shape index (κ2) is 2.58. The fourth-order valence-corrected chi connectivity index (χ4v) is 0.224. The lowest BCUT2D eigenvalue weighted by molar-refractivity contribution is 0.620. The van der Waals surface area contributed by atoms with Gasteiger partial charge in [0.25, 0.3) is 0 Å². The van der Waals surface area contributed by atoms with Crippen LogP contribution in [0.25, 0.3) is 0 Å². The first-order valence-electron chi connectivity index (χ1n) is 1.64. The standard InChI is InChI=1S/C4H6O2S/c1-3-4(2)7(5)6/h3,7H,1-2H2. The Morgan fingerprint density at radius 2 is 2.00 bits per heavy atom. The minimum Gasteiger partial charge on any atom is -0.227 e. The first kappa shape index (κ1) is 6.43. The predicted molar refractivity (Wildman–Crippen MR) is 29.7 cm³/mol. The van der Waals surface area contributed by atoms with E-state index in [2.05, 4.69) is 13.2 Å². The van der Waals surface area contributed by atoms with Gasteiger partial charge in [-0.05, 0) is 0 Å². The van der Waals surface area contributed by atoms with Gasteiger partial charge in [0.05, 0.1) is 4.91 Å². The Hall–Kier alpha value is -0.570. The maximum Gasteiger partial charge on any atom is 0.167 e. The predicted octanol–water partition coefficient (Wildman–Crippen LogP) is 0.298. The second-order valence-electron chi connectivity index (χ2n) is 0.953. The van der Waals surface area contributed by atoms with E-state index in [1.807, 2.05) is 0 Å². The Kier molecular flexibility index (Phi) is 2.37. The summed E-state index contributed by atoms with van der Waals surface area (Å²) in [7, 11) is -2.47. The molecular weight excluding hydrogens is 112 g/mol. The van der Waals surface area contributed by atoms with E-state index in [4.69, 9.17) is 0 Å². The molecule has 0 rings (SSSR count). The average Bonchev–Trinajstić information content (AvgIpc) is 1.65. The summed E-state index contributed by atoms with van der Waals surface area (Å²) in [4.78, 5) is 0.0648. The zero-order valence-corrected chi connectivity index (χ0v) is 4.65. The van der Waals surface area contributed by atoms with Crippen LogP contribution in [0.5, 0.6) is 0 Å². The van der Waals surface area contributed by atoms with Crippen molar-refractivity contribution in [1.29, 1.82) is 0 Å². The Balaban J connectivity index is 4.10. The molecule has 0 aromatic heterocycles. The number of hydrogen-bond donors (Lipinski definition) is 1. The molecule has 0 saturated carbocycles. The fraction of sp³-hybridized carbons (Fsp3) is 0. The summed E-state index contributed by atoms with van der Waals surface area (Å²) in [6, 6.07) is 0. The van der Waals surface area contributed by atoms with Crippen LogP contribution in [0.2, 0.25) is 0 Å². The molecule has 0 aromatic rings. The molecule has 0 unspecified atom stereocenters. The molecule has 0 fully saturated rings. The van der Waals surface area contributed by atoms with Crippen LogP contribution in [0.15, 0.2) is 24.1 Å². The van der Waals surface area contributed by atoms with Crippen molar-refractivity contribution < 1.29 is 8.42 Å². The van der Waals surface area contributed by atoms with Crippen molar-refractivity contribution in [3.05, 3.63) is 24.1 Å². The van der Waals surface area contributed by atoms with Gasteiger partial charge in [-0.2, -0.15) is 0 Å². The van der Waals surface area contributed by atoms with Gasteiger partial charge in [0.15, 0.2) is 10.7 Å². The molecule has 40 valence electrons. The molecule has 3 heteroatoms. The largest absolute Gasteiger partial charge is 0.227 e. The van der Waals surface area contributed by atoms with Gasteiger partial charge in [-0.25, -0.2) is 8.42 Å². The first-order chi connectivity index (χ1) is 3.18. The van der Waals surface area contributed by atoms with E-state index in [1.54, 1.807) is 0 Å². The van der Waals surface area contributed by atoms with Crippen molar-refractivity contribution in [3.63, 3.8) is 0 Å². The first-order valence-corrected chi connectivity index (χ1v) is 2.82. The summed E-state index contributed by atoms with van der Waals surface area (Å²) in [5.41, 5.74) is 0. The van der Waals surface area contributed by atoms with Crippen molar-refractivity contribution in [2.45, 2.75) is 0 Å². The maximum atomic E-state index is 9.80. The molecule has 7 heavy (non-hydrogen) atoms. The molecular formula is C4H6O2S. The molecule has 0 aromatic carbocycles. The summed E-state index contributed by atoms with van der Waals surface area (Å²) < 4.78 is 19.6. The molecule has 0 heterocycles. The van der Waals surface area contributed by atoms with Gasteiger partial charge in [0, 0.05) is 0 Å². The Morgan fingerprint density at radius 3 is 2.00 bits per heavy atom. The fourth-order valence-electron chi connectivity index (χ4n) is 0.0745. The van der Waals surface area contributed by atoms with Crippen LogP contribution in [0, 0.1) is 0 Å². The van der Waals surface area contributed by atoms with Crippen LogP contribution < -0.4 is 0 Å². The minimum atomic E-state index is -2.47. The van der Waals surface area contributed by atoms with Gasteiger partial charge in [-0.15, -0.1) is 0 Å². The highest BCUT2D eigenvalue weighted by Crippen LogP contribution is 1.87. The molecule has 0 spiro atoms. The quantitative estimate of drug-likeness (QED) is 0.418. The van der Waals surface area contributed by atoms with Gasteiger partial charge < -0.3 is 0 Å². The highest BCUT2D eigenvalue weighted by atomic mass is 32.2. The third-order valence-electron chi connectivity index (χ3n) is 0.470. The van der Waals surface area contributed by atoms with E-state index in [0.29, 0.717) is 0 Å². The number of thiol groups is 1. The normalized spacial score (nSPS) is 8.71. The van der Waals surface area contributed by atoms with Crippen LogP contribution in [-0.2, 0) is 10.7 Å². The summed E-state index contributed by atoms with van der Waals surface area (Å²) in [5, 5.41) is 0. The molecule has 0 radical (unpaired) electrons. The molecule has 0 bridgehead atoms. The molecule has 0 atom stereocenters. The number of rotatable bonds is 2. The van der Waals surface area contributed by atoms with Gasteiger partial charge in [0.1, 0.15) is 0 Å². The topological polar surface area (TPSA) is 34.1 Å². The monoisotopic (exact) mass is 118 g/mol. The molecule has 0 amide bonds. The van der Waals surface area contributed by atoms with E-state index in [9.17, 15) is 8.42 Å². The summed E-state index contributed by atoms with van der Waals surface area (Å²) in [6.07, 6.45) is 1.20. The van der Waals surface area contributed by atoms with E-state index in [0.717, 1.165) is 0 Å². The lowest BCUT2D eigenvalue weighted by Crippen LogP contribution is -1.72. The van der Waals surface area contributed by atoms with Crippen LogP contribution in [-0.4, -0.2) is 8.42 Å². The van der Waals surface area contributed by atoms with Gasteiger partial charge in [-0.1, -0.05) is 19.2 Å². The average molecular weight is 118 g/mol. The summed E-state index contributed by atoms with van der Waals surface area (Å²) in [6.45, 7) is 6.36. The smallest absolute Gasteiger partial charge is 0.167 e. The Bertz CT molecular complexity index is 147. The van der Waals surface area contributed by atoms with E-state index < -0.39 is 10.7 Å². The maximum absolute atomic E-state index is 9.80. The number of allylic oxidation sites excluding steroid dienone is 1. The van der Waals surface area contributed by atoms with Crippen LogP contribution in [0.3, 0.4) is 0 Å². The third kappa shape index (κ3) is 2.17. The zero-order chi connectivity index (χ0) is 5.86. The molecule has 0 N–H and O–H groups in total. The van der Waals surface area contributed by atoms with Crippen molar-refractivity contribution in [1.82, 2.24) is 0 Å². The van der Waals surface area contributed by atoms with Crippen molar-refractivity contribution in [2.24, 2.45) is 0 Å². The van der Waals surface area contributed by atoms with Crippen LogP contribution in [0.1, 0.15) is 0 Å². The van der Waals surface area contributed by atoms with Crippen molar-refractivity contribution in [2.75, 3.05) is 0 Å². The Morgan fingerprint density at radius 1 is 1.57 bits per heavy atom.